The van der Waals surface area contributed by atoms with Crippen LogP contribution in [0.25, 0.3) is 0 Å². The Labute approximate surface area is 148 Å². The number of carbonyl (C=O) groups is 1. The predicted molar refractivity (Wildman–Crippen MR) is 89.6 cm³/mol. The first kappa shape index (κ1) is 15.2. The number of thiophene rings is 1. The molecule has 0 radical (unpaired) electrons. The van der Waals surface area contributed by atoms with Crippen LogP contribution in [0.5, 0.6) is 11.5 Å². The van der Waals surface area contributed by atoms with E-state index < -0.39 is 6.10 Å². The van der Waals surface area contributed by atoms with Crippen LogP contribution in [-0.4, -0.2) is 22.7 Å². The second kappa shape index (κ2) is 6.25. The van der Waals surface area contributed by atoms with Crippen LogP contribution in [0.3, 0.4) is 0 Å². The van der Waals surface area contributed by atoms with Gasteiger partial charge in [-0.05, 0) is 40.2 Å². The third-order valence-electron chi connectivity index (χ3n) is 3.24. The number of hydrogen-bond acceptors (Lipinski definition) is 7. The van der Waals surface area contributed by atoms with Gasteiger partial charge in [-0.15, -0.1) is 16.4 Å². The summed E-state index contributed by atoms with van der Waals surface area (Å²) in [6.07, 6.45) is -0.520. The molecule has 0 bridgehead atoms. The van der Waals surface area contributed by atoms with Crippen LogP contribution in [-0.2, 0) is 0 Å². The maximum absolute atomic E-state index is 12.1. The first-order chi connectivity index (χ1) is 11.7. The van der Waals surface area contributed by atoms with Gasteiger partial charge in [-0.2, -0.15) is 0 Å². The van der Waals surface area contributed by atoms with Gasteiger partial charge in [0, 0.05) is 0 Å². The second-order valence-electron chi connectivity index (χ2n) is 4.87. The van der Waals surface area contributed by atoms with E-state index >= 15 is 0 Å². The van der Waals surface area contributed by atoms with Crippen LogP contribution in [0.4, 0.5) is 6.01 Å². The minimum absolute atomic E-state index is 0.0157. The molecule has 1 N–H and O–H groups in total. The standard InChI is InChI=1S/C15H10BrN3O4S/c16-12-6-5-11(24-12)13(20)17-15-19-18-14(23-15)10-7-21-8-3-1-2-4-9(8)22-10/h1-6,10H,7H2,(H,17,19,20). The average molecular weight is 408 g/mol. The number of fused-ring (bicyclic) bond motifs is 1. The van der Waals surface area contributed by atoms with Gasteiger partial charge in [0.1, 0.15) is 6.61 Å². The van der Waals surface area contributed by atoms with Crippen molar-refractivity contribution in [2.75, 3.05) is 11.9 Å². The molecule has 1 amide bonds. The molecule has 3 heterocycles. The first-order valence-corrected chi connectivity index (χ1v) is 8.58. The fraction of sp³-hybridized carbons (Fsp3) is 0.133. The molecule has 122 valence electrons. The predicted octanol–water partition coefficient (Wildman–Crippen LogP) is 3.66. The third kappa shape index (κ3) is 3.00. The molecule has 1 aliphatic rings. The highest BCUT2D eigenvalue weighted by Crippen LogP contribution is 2.35. The van der Waals surface area contributed by atoms with Gasteiger partial charge < -0.3 is 13.9 Å². The lowest BCUT2D eigenvalue weighted by molar-refractivity contribution is 0.0716. The Kier molecular flexibility index (Phi) is 3.95. The number of aromatic nitrogens is 2. The summed E-state index contributed by atoms with van der Waals surface area (Å²) >= 11 is 4.62. The highest BCUT2D eigenvalue weighted by Gasteiger charge is 2.27. The van der Waals surface area contributed by atoms with Crippen molar-refractivity contribution in [1.82, 2.24) is 10.2 Å². The Morgan fingerprint density at radius 3 is 2.83 bits per heavy atom. The van der Waals surface area contributed by atoms with E-state index in [1.54, 1.807) is 18.2 Å². The molecule has 1 aromatic carbocycles. The van der Waals surface area contributed by atoms with Gasteiger partial charge in [-0.25, -0.2) is 0 Å². The Morgan fingerprint density at radius 1 is 1.21 bits per heavy atom. The number of para-hydroxylation sites is 2. The molecule has 1 atom stereocenters. The summed E-state index contributed by atoms with van der Waals surface area (Å²) in [5, 5.41) is 10.3. The van der Waals surface area contributed by atoms with Crippen molar-refractivity contribution < 1.29 is 18.7 Å². The molecule has 24 heavy (non-hydrogen) atoms. The smallest absolute Gasteiger partial charge is 0.322 e. The van der Waals surface area contributed by atoms with Gasteiger partial charge in [0.25, 0.3) is 11.8 Å². The number of amides is 1. The highest BCUT2D eigenvalue weighted by atomic mass is 79.9. The molecule has 0 spiro atoms. The molecular formula is C15H10BrN3O4S. The number of ether oxygens (including phenoxy) is 2. The molecule has 1 aliphatic heterocycles. The Balaban J connectivity index is 1.46. The van der Waals surface area contributed by atoms with E-state index in [0.717, 1.165) is 3.79 Å². The van der Waals surface area contributed by atoms with Crippen molar-refractivity contribution in [3.63, 3.8) is 0 Å². The number of carbonyl (C=O) groups excluding carboxylic acids is 1. The molecule has 0 saturated heterocycles. The van der Waals surface area contributed by atoms with E-state index in [2.05, 4.69) is 31.4 Å². The monoisotopic (exact) mass is 407 g/mol. The van der Waals surface area contributed by atoms with Crippen molar-refractivity contribution in [3.8, 4) is 11.5 Å². The molecule has 0 fully saturated rings. The number of nitrogens with one attached hydrogen (secondary N) is 1. The topological polar surface area (TPSA) is 86.5 Å². The SMILES string of the molecule is O=C(Nc1nnc(C2COc3ccccc3O2)o1)c1ccc(Br)s1. The maximum Gasteiger partial charge on any atom is 0.322 e. The molecule has 7 nitrogen and oxygen atoms in total. The van der Waals surface area contributed by atoms with Crippen molar-refractivity contribution in [3.05, 3.63) is 51.0 Å². The zero-order valence-electron chi connectivity index (χ0n) is 12.1. The van der Waals surface area contributed by atoms with Crippen molar-refractivity contribution in [2.24, 2.45) is 0 Å². The average Bonchev–Trinajstić information content (AvgIpc) is 3.23. The van der Waals surface area contributed by atoms with Crippen molar-refractivity contribution in [2.45, 2.75) is 6.10 Å². The van der Waals surface area contributed by atoms with Gasteiger partial charge in [0.05, 0.1) is 8.66 Å². The third-order valence-corrected chi connectivity index (χ3v) is 4.86. The molecule has 0 aliphatic carbocycles. The summed E-state index contributed by atoms with van der Waals surface area (Å²) in [5.41, 5.74) is 0. The number of hydrogen-bond donors (Lipinski definition) is 1. The van der Waals surface area contributed by atoms with E-state index in [4.69, 9.17) is 13.9 Å². The van der Waals surface area contributed by atoms with Crippen molar-refractivity contribution in [1.29, 1.82) is 0 Å². The zero-order valence-corrected chi connectivity index (χ0v) is 14.5. The van der Waals surface area contributed by atoms with Crippen LogP contribution in [0.2, 0.25) is 0 Å². The molecule has 4 rings (SSSR count). The fourth-order valence-electron chi connectivity index (χ4n) is 2.15. The normalized spacial score (nSPS) is 16.0. The lowest BCUT2D eigenvalue weighted by Crippen LogP contribution is -2.21. The number of rotatable bonds is 3. The summed E-state index contributed by atoms with van der Waals surface area (Å²) in [6, 6.07) is 10.9. The second-order valence-corrected chi connectivity index (χ2v) is 7.33. The van der Waals surface area contributed by atoms with E-state index in [1.807, 2.05) is 18.2 Å². The van der Waals surface area contributed by atoms with Crippen molar-refractivity contribution >= 4 is 39.2 Å². The van der Waals surface area contributed by atoms with Crippen LogP contribution in [0.15, 0.2) is 44.6 Å². The molecule has 2 aromatic heterocycles. The van der Waals surface area contributed by atoms with Gasteiger partial charge >= 0.3 is 6.01 Å². The quantitative estimate of drug-likeness (QED) is 0.712. The molecule has 9 heteroatoms. The van der Waals surface area contributed by atoms with Crippen LogP contribution in [0.1, 0.15) is 21.7 Å². The number of halogens is 1. The van der Waals surface area contributed by atoms with E-state index in [1.165, 1.54) is 11.3 Å². The minimum Gasteiger partial charge on any atom is -0.485 e. The summed E-state index contributed by atoms with van der Waals surface area (Å²) < 4.78 is 17.7. The molecule has 1 unspecified atom stereocenters. The molecular weight excluding hydrogens is 398 g/mol. The van der Waals surface area contributed by atoms with Crippen LogP contribution < -0.4 is 14.8 Å². The fourth-order valence-corrected chi connectivity index (χ4v) is 3.43. The van der Waals surface area contributed by atoms with Crippen LogP contribution in [0, 0.1) is 0 Å². The zero-order chi connectivity index (χ0) is 16.5. The Hall–Kier alpha value is -2.39. The Bertz CT molecular complexity index is 894. The maximum atomic E-state index is 12.1. The Morgan fingerprint density at radius 2 is 2.04 bits per heavy atom. The van der Waals surface area contributed by atoms with Gasteiger partial charge in [-0.3, -0.25) is 10.1 Å². The van der Waals surface area contributed by atoms with Gasteiger partial charge in [0.15, 0.2) is 11.5 Å². The largest absolute Gasteiger partial charge is 0.485 e. The summed E-state index contributed by atoms with van der Waals surface area (Å²) in [4.78, 5) is 12.6. The van der Waals surface area contributed by atoms with Gasteiger partial charge in [-0.1, -0.05) is 17.2 Å². The lowest BCUT2D eigenvalue weighted by atomic mass is 10.2. The molecule has 3 aromatic rings. The lowest BCUT2D eigenvalue weighted by Gasteiger charge is -2.23. The first-order valence-electron chi connectivity index (χ1n) is 6.97. The van der Waals surface area contributed by atoms with Gasteiger partial charge in [0.2, 0.25) is 6.10 Å². The number of nitrogens with zero attached hydrogens (tertiary/aromatic N) is 2. The summed E-state index contributed by atoms with van der Waals surface area (Å²) in [6.45, 7) is 0.254. The minimum atomic E-state index is -0.520. The van der Waals surface area contributed by atoms with E-state index in [0.29, 0.717) is 16.4 Å². The van der Waals surface area contributed by atoms with E-state index in [-0.39, 0.29) is 24.4 Å². The highest BCUT2D eigenvalue weighted by molar-refractivity contribution is 9.11. The van der Waals surface area contributed by atoms with E-state index in [9.17, 15) is 4.79 Å². The number of benzene rings is 1. The number of anilines is 1. The summed E-state index contributed by atoms with van der Waals surface area (Å²) in [5.74, 6) is 1.21. The van der Waals surface area contributed by atoms with Crippen LogP contribution >= 0.6 is 27.3 Å². The molecule has 0 saturated carbocycles. The summed E-state index contributed by atoms with van der Waals surface area (Å²) in [7, 11) is 0.